The van der Waals surface area contributed by atoms with E-state index in [1.165, 1.54) is 6.21 Å². The van der Waals surface area contributed by atoms with Crippen LogP contribution in [0.15, 0.2) is 84.0 Å². The van der Waals surface area contributed by atoms with Crippen LogP contribution >= 0.6 is 0 Å². The first-order valence-electron chi connectivity index (χ1n) is 9.65. The minimum Gasteiger partial charge on any atom is -0.497 e. The van der Waals surface area contributed by atoms with Crippen LogP contribution in [0.2, 0.25) is 0 Å². The maximum absolute atomic E-state index is 11.9. The topological polar surface area (TPSA) is 89.0 Å². The van der Waals surface area contributed by atoms with Gasteiger partial charge in [-0.2, -0.15) is 5.10 Å². The van der Waals surface area contributed by atoms with Crippen LogP contribution in [0.25, 0.3) is 0 Å². The Morgan fingerprint density at radius 1 is 0.871 bits per heavy atom. The Morgan fingerprint density at radius 2 is 1.55 bits per heavy atom. The minimum absolute atomic E-state index is 0.338. The van der Waals surface area contributed by atoms with Crippen molar-refractivity contribution in [1.29, 1.82) is 0 Å². The third-order valence-corrected chi connectivity index (χ3v) is 4.23. The fourth-order valence-corrected chi connectivity index (χ4v) is 2.63. The van der Waals surface area contributed by atoms with Crippen LogP contribution in [0, 0.1) is 0 Å². The number of ether oxygens (including phenoxy) is 2. The average Bonchev–Trinajstić information content (AvgIpc) is 2.79. The van der Waals surface area contributed by atoms with Gasteiger partial charge in [-0.25, -0.2) is 5.43 Å². The van der Waals surface area contributed by atoms with E-state index in [4.69, 9.17) is 9.47 Å². The lowest BCUT2D eigenvalue weighted by atomic mass is 10.2. The summed E-state index contributed by atoms with van der Waals surface area (Å²) in [6.45, 7) is 0.489. The molecule has 0 aromatic heterocycles. The van der Waals surface area contributed by atoms with Crippen LogP contribution in [0.4, 0.5) is 5.69 Å². The van der Waals surface area contributed by atoms with Crippen molar-refractivity contribution in [3.05, 3.63) is 90.0 Å². The number of hydrogen-bond donors (Lipinski definition) is 2. The van der Waals surface area contributed by atoms with E-state index >= 15 is 0 Å². The Bertz CT molecular complexity index is 1020. The SMILES string of the molecule is COc1ccc(NC(=O)CC(=O)NN=Cc2ccc(OCc3ccccc3)cc2)cc1. The zero-order valence-electron chi connectivity index (χ0n) is 17.1. The molecule has 7 nitrogen and oxygen atoms in total. The Morgan fingerprint density at radius 3 is 2.23 bits per heavy atom. The summed E-state index contributed by atoms with van der Waals surface area (Å²) in [4.78, 5) is 23.8. The smallest absolute Gasteiger partial charge is 0.249 e. The maximum atomic E-state index is 11.9. The van der Waals surface area contributed by atoms with Gasteiger partial charge in [0.25, 0.3) is 0 Å². The lowest BCUT2D eigenvalue weighted by Gasteiger charge is -2.06. The molecule has 0 atom stereocenters. The van der Waals surface area contributed by atoms with Crippen LogP contribution in [0.5, 0.6) is 11.5 Å². The number of hydrogen-bond acceptors (Lipinski definition) is 5. The Labute approximate surface area is 180 Å². The Hall–Kier alpha value is -4.13. The molecule has 7 heteroatoms. The molecule has 0 bridgehead atoms. The molecular weight excluding hydrogens is 394 g/mol. The first-order chi connectivity index (χ1) is 15.1. The summed E-state index contributed by atoms with van der Waals surface area (Å²) >= 11 is 0. The second kappa shape index (κ2) is 11.2. The molecule has 0 heterocycles. The highest BCUT2D eigenvalue weighted by molar-refractivity contribution is 6.03. The number of nitrogens with one attached hydrogen (secondary N) is 2. The van der Waals surface area contributed by atoms with E-state index in [1.807, 2.05) is 54.6 Å². The summed E-state index contributed by atoms with van der Waals surface area (Å²) in [5.41, 5.74) is 4.80. The van der Waals surface area contributed by atoms with Crippen molar-refractivity contribution in [1.82, 2.24) is 5.43 Å². The molecule has 0 spiro atoms. The molecule has 0 saturated carbocycles. The second-order valence-corrected chi connectivity index (χ2v) is 6.59. The summed E-state index contributed by atoms with van der Waals surface area (Å²) < 4.78 is 10.8. The van der Waals surface area contributed by atoms with E-state index in [1.54, 1.807) is 31.4 Å². The van der Waals surface area contributed by atoms with E-state index in [0.717, 1.165) is 16.9 Å². The lowest BCUT2D eigenvalue weighted by molar-refractivity contribution is -0.126. The van der Waals surface area contributed by atoms with Gasteiger partial charge in [-0.3, -0.25) is 9.59 Å². The predicted octanol–water partition coefficient (Wildman–Crippen LogP) is 3.75. The summed E-state index contributed by atoms with van der Waals surface area (Å²) in [7, 11) is 1.56. The maximum Gasteiger partial charge on any atom is 0.249 e. The van der Waals surface area contributed by atoms with Crippen molar-refractivity contribution in [3.63, 3.8) is 0 Å². The number of benzene rings is 3. The summed E-state index contributed by atoms with van der Waals surface area (Å²) in [5.74, 6) is 0.476. The lowest BCUT2D eigenvalue weighted by Crippen LogP contribution is -2.24. The second-order valence-electron chi connectivity index (χ2n) is 6.59. The van der Waals surface area contributed by atoms with Crippen LogP contribution in [0.3, 0.4) is 0 Å². The zero-order valence-corrected chi connectivity index (χ0v) is 17.1. The number of carbonyl (C=O) groups excluding carboxylic acids is 2. The number of rotatable bonds is 9. The summed E-state index contributed by atoms with van der Waals surface area (Å²) in [5, 5.41) is 6.53. The molecule has 0 aliphatic heterocycles. The van der Waals surface area contributed by atoms with Crippen molar-refractivity contribution >= 4 is 23.7 Å². The molecule has 3 aromatic carbocycles. The third-order valence-electron chi connectivity index (χ3n) is 4.23. The first-order valence-corrected chi connectivity index (χ1v) is 9.65. The van der Waals surface area contributed by atoms with E-state index in [2.05, 4.69) is 15.8 Å². The van der Waals surface area contributed by atoms with Crippen LogP contribution in [-0.2, 0) is 16.2 Å². The minimum atomic E-state index is -0.509. The van der Waals surface area contributed by atoms with Crippen LogP contribution < -0.4 is 20.2 Å². The fourth-order valence-electron chi connectivity index (χ4n) is 2.63. The van der Waals surface area contributed by atoms with Gasteiger partial charge in [0.2, 0.25) is 11.8 Å². The van der Waals surface area contributed by atoms with Gasteiger partial charge in [-0.05, 0) is 59.7 Å². The molecule has 0 unspecified atom stereocenters. The van der Waals surface area contributed by atoms with Gasteiger partial charge in [0.1, 0.15) is 24.5 Å². The van der Waals surface area contributed by atoms with Gasteiger partial charge in [0, 0.05) is 5.69 Å². The van der Waals surface area contributed by atoms with Crippen molar-refractivity contribution in [2.24, 2.45) is 5.10 Å². The molecular formula is C24H23N3O4. The molecule has 2 N–H and O–H groups in total. The molecule has 3 rings (SSSR count). The van der Waals surface area contributed by atoms with Crippen LogP contribution in [-0.4, -0.2) is 25.1 Å². The van der Waals surface area contributed by atoms with Crippen molar-refractivity contribution < 1.29 is 19.1 Å². The van der Waals surface area contributed by atoms with Gasteiger partial charge in [0.05, 0.1) is 13.3 Å². The van der Waals surface area contributed by atoms with Gasteiger partial charge >= 0.3 is 0 Å². The number of nitrogens with zero attached hydrogens (tertiary/aromatic N) is 1. The Balaban J connectivity index is 1.40. The quantitative estimate of drug-likeness (QED) is 0.315. The number of anilines is 1. The molecule has 2 amide bonds. The monoisotopic (exact) mass is 417 g/mol. The molecule has 0 fully saturated rings. The zero-order chi connectivity index (χ0) is 21.9. The van der Waals surface area contributed by atoms with E-state index in [0.29, 0.717) is 18.0 Å². The highest BCUT2D eigenvalue weighted by atomic mass is 16.5. The van der Waals surface area contributed by atoms with Crippen molar-refractivity contribution in [3.8, 4) is 11.5 Å². The van der Waals surface area contributed by atoms with Gasteiger partial charge in [0.15, 0.2) is 0 Å². The van der Waals surface area contributed by atoms with E-state index in [-0.39, 0.29) is 6.42 Å². The molecule has 0 radical (unpaired) electrons. The molecule has 0 saturated heterocycles. The van der Waals surface area contributed by atoms with Crippen LogP contribution in [0.1, 0.15) is 17.5 Å². The predicted molar refractivity (Wildman–Crippen MR) is 119 cm³/mol. The standard InChI is InChI=1S/C24H23N3O4/c1-30-21-13-9-20(10-14-21)26-23(28)15-24(29)27-25-16-18-7-11-22(12-8-18)31-17-19-5-3-2-4-6-19/h2-14,16H,15,17H2,1H3,(H,26,28)(H,27,29). The third kappa shape index (κ3) is 7.32. The highest BCUT2D eigenvalue weighted by Crippen LogP contribution is 2.15. The summed E-state index contributed by atoms with van der Waals surface area (Å²) in [6.07, 6.45) is 1.16. The summed E-state index contributed by atoms with van der Waals surface area (Å²) in [6, 6.07) is 24.0. The average molecular weight is 417 g/mol. The Kier molecular flexibility index (Phi) is 7.77. The number of methoxy groups -OCH3 is 1. The molecule has 158 valence electrons. The molecule has 0 aliphatic carbocycles. The first kappa shape index (κ1) is 21.6. The highest BCUT2D eigenvalue weighted by Gasteiger charge is 2.09. The van der Waals surface area contributed by atoms with Gasteiger partial charge in [-0.1, -0.05) is 30.3 Å². The number of hydrazone groups is 1. The van der Waals surface area contributed by atoms with Gasteiger partial charge < -0.3 is 14.8 Å². The molecule has 31 heavy (non-hydrogen) atoms. The largest absolute Gasteiger partial charge is 0.497 e. The van der Waals surface area contributed by atoms with Crippen molar-refractivity contribution in [2.75, 3.05) is 12.4 Å². The van der Waals surface area contributed by atoms with Gasteiger partial charge in [-0.15, -0.1) is 0 Å². The van der Waals surface area contributed by atoms with E-state index in [9.17, 15) is 9.59 Å². The normalized spacial score (nSPS) is 10.5. The molecule has 0 aliphatic rings. The number of carbonyl (C=O) groups is 2. The van der Waals surface area contributed by atoms with Crippen molar-refractivity contribution in [2.45, 2.75) is 13.0 Å². The molecule has 3 aromatic rings. The number of amides is 2. The fraction of sp³-hybridized carbons (Fsp3) is 0.125. The van der Waals surface area contributed by atoms with E-state index < -0.39 is 11.8 Å².